The van der Waals surface area contributed by atoms with Crippen molar-refractivity contribution in [2.45, 2.75) is 25.2 Å². The molecule has 0 atom stereocenters. The lowest BCUT2D eigenvalue weighted by Gasteiger charge is -2.20. The molecule has 1 heterocycles. The summed E-state index contributed by atoms with van der Waals surface area (Å²) in [7, 11) is -3.78. The first-order valence-electron chi connectivity index (χ1n) is 9.19. The second kappa shape index (κ2) is 9.99. The highest BCUT2D eigenvalue weighted by molar-refractivity contribution is 7.89. The molecule has 2 rings (SSSR count). The van der Waals surface area contributed by atoms with Crippen molar-refractivity contribution in [1.82, 2.24) is 14.6 Å². The normalized spacial score (nSPS) is 12.6. The summed E-state index contributed by atoms with van der Waals surface area (Å²) in [5.41, 5.74) is 1.05. The molecule has 154 valence electrons. The van der Waals surface area contributed by atoms with Gasteiger partial charge in [-0.25, -0.2) is 13.4 Å². The van der Waals surface area contributed by atoms with Gasteiger partial charge in [-0.3, -0.25) is 4.79 Å². The quantitative estimate of drug-likeness (QED) is 0.596. The molecule has 0 aliphatic carbocycles. The third-order valence-corrected chi connectivity index (χ3v) is 6.03. The van der Waals surface area contributed by atoms with E-state index in [1.54, 1.807) is 31.2 Å². The number of allylic oxidation sites excluding steroid dienone is 5. The molecule has 0 spiro atoms. The molecule has 1 aromatic heterocycles. The first-order chi connectivity index (χ1) is 13.9. The van der Waals surface area contributed by atoms with Gasteiger partial charge >= 0.3 is 0 Å². The molecular weight excluding hydrogens is 390 g/mol. The van der Waals surface area contributed by atoms with E-state index < -0.39 is 15.9 Å². The van der Waals surface area contributed by atoms with Crippen LogP contribution in [-0.4, -0.2) is 36.7 Å². The number of sulfonamides is 1. The van der Waals surface area contributed by atoms with E-state index in [9.17, 15) is 13.2 Å². The predicted octanol–water partition coefficient (Wildman–Crippen LogP) is 3.79. The van der Waals surface area contributed by atoms with Crippen molar-refractivity contribution in [2.75, 3.05) is 13.1 Å². The summed E-state index contributed by atoms with van der Waals surface area (Å²) in [6, 6.07) is 2.74. The maximum Gasteiger partial charge on any atom is 0.259 e. The second-order valence-corrected chi connectivity index (χ2v) is 8.01. The lowest BCUT2D eigenvalue weighted by molar-refractivity contribution is 0.0967. The topological polar surface area (TPSA) is 92.5 Å². The molecule has 0 bridgehead atoms. The van der Waals surface area contributed by atoms with Crippen LogP contribution in [0.2, 0.25) is 0 Å². The minimum Gasteiger partial charge on any atom is -0.443 e. The standard InChI is InChI=1S/C21H25N3O4S/c1-5-9-11-16(10-6-2)23-21(25)18-13-17(14-19-20(18)28-15-22-19)29(26,27)24(8-4)12-7-3/h5-6,9-11,13-15H,1-2,7-8,12H2,3-4H3,(H,23,25)/b11-9-,16-10+. The van der Waals surface area contributed by atoms with Crippen LogP contribution in [0, 0.1) is 0 Å². The van der Waals surface area contributed by atoms with Crippen LogP contribution in [0.4, 0.5) is 0 Å². The van der Waals surface area contributed by atoms with Crippen LogP contribution in [-0.2, 0) is 10.0 Å². The summed E-state index contributed by atoms with van der Waals surface area (Å²) in [4.78, 5) is 16.9. The van der Waals surface area contributed by atoms with E-state index in [2.05, 4.69) is 23.5 Å². The molecule has 29 heavy (non-hydrogen) atoms. The zero-order valence-corrected chi connectivity index (χ0v) is 17.4. The van der Waals surface area contributed by atoms with Crippen LogP contribution < -0.4 is 5.32 Å². The van der Waals surface area contributed by atoms with E-state index in [0.717, 1.165) is 0 Å². The lowest BCUT2D eigenvalue weighted by Crippen LogP contribution is -2.32. The van der Waals surface area contributed by atoms with Gasteiger partial charge in [0.05, 0.1) is 10.5 Å². The minimum atomic E-state index is -3.78. The number of aromatic nitrogens is 1. The van der Waals surface area contributed by atoms with Gasteiger partial charge in [-0.05, 0) is 30.7 Å². The Bertz CT molecular complexity index is 1060. The monoisotopic (exact) mass is 415 g/mol. The molecule has 0 unspecified atom stereocenters. The van der Waals surface area contributed by atoms with Crippen LogP contribution >= 0.6 is 0 Å². The Hall–Kier alpha value is -2.97. The maximum absolute atomic E-state index is 13.0. The largest absolute Gasteiger partial charge is 0.443 e. The Morgan fingerprint density at radius 2 is 2.03 bits per heavy atom. The second-order valence-electron chi connectivity index (χ2n) is 6.07. The third-order valence-electron chi connectivity index (χ3n) is 4.08. The van der Waals surface area contributed by atoms with Gasteiger partial charge in [0, 0.05) is 18.8 Å². The molecule has 1 N–H and O–H groups in total. The number of benzene rings is 1. The number of fused-ring (bicyclic) bond motifs is 1. The van der Waals surface area contributed by atoms with Crippen molar-refractivity contribution >= 4 is 27.0 Å². The van der Waals surface area contributed by atoms with Crippen molar-refractivity contribution in [2.24, 2.45) is 0 Å². The maximum atomic E-state index is 13.0. The average molecular weight is 416 g/mol. The Kier molecular flexibility index (Phi) is 7.69. The van der Waals surface area contributed by atoms with Crippen LogP contribution in [0.1, 0.15) is 30.6 Å². The molecule has 8 heteroatoms. The molecular formula is C21H25N3O4S. The Balaban J connectivity index is 2.54. The van der Waals surface area contributed by atoms with Gasteiger partial charge in [0.15, 0.2) is 12.0 Å². The van der Waals surface area contributed by atoms with Crippen LogP contribution in [0.15, 0.2) is 77.1 Å². The number of hydrogen-bond donors (Lipinski definition) is 1. The fourth-order valence-electron chi connectivity index (χ4n) is 2.74. The zero-order valence-electron chi connectivity index (χ0n) is 16.6. The fourth-order valence-corrected chi connectivity index (χ4v) is 4.33. The molecule has 0 radical (unpaired) electrons. The van der Waals surface area contributed by atoms with Crippen LogP contribution in [0.5, 0.6) is 0 Å². The van der Waals surface area contributed by atoms with Crippen LogP contribution in [0.25, 0.3) is 11.1 Å². The molecule has 1 amide bonds. The van der Waals surface area contributed by atoms with Crippen molar-refractivity contribution in [1.29, 1.82) is 0 Å². The fraction of sp³-hybridized carbons (Fsp3) is 0.238. The summed E-state index contributed by atoms with van der Waals surface area (Å²) in [5.74, 6) is -0.524. The van der Waals surface area contributed by atoms with E-state index in [0.29, 0.717) is 30.7 Å². The van der Waals surface area contributed by atoms with Gasteiger partial charge in [-0.1, -0.05) is 45.2 Å². The summed E-state index contributed by atoms with van der Waals surface area (Å²) in [6.45, 7) is 11.6. The van der Waals surface area contributed by atoms with E-state index in [1.165, 1.54) is 28.9 Å². The van der Waals surface area contributed by atoms with Crippen LogP contribution in [0.3, 0.4) is 0 Å². The highest BCUT2D eigenvalue weighted by Gasteiger charge is 2.26. The minimum absolute atomic E-state index is 0.00441. The number of nitrogens with one attached hydrogen (secondary N) is 1. The third kappa shape index (κ3) is 5.10. The number of nitrogens with zero attached hydrogens (tertiary/aromatic N) is 2. The average Bonchev–Trinajstić information content (AvgIpc) is 3.18. The van der Waals surface area contributed by atoms with Crippen molar-refractivity contribution in [3.05, 3.63) is 73.3 Å². The summed E-state index contributed by atoms with van der Waals surface area (Å²) in [5, 5.41) is 2.72. The SMILES string of the molecule is C=C/C=C\C(=C/C=C)NC(=O)c1cc(S(=O)(=O)N(CC)CCC)cc2ncoc12. The molecule has 7 nitrogen and oxygen atoms in total. The van der Waals surface area contributed by atoms with E-state index >= 15 is 0 Å². The van der Waals surface area contributed by atoms with Gasteiger partial charge in [-0.15, -0.1) is 0 Å². The summed E-state index contributed by atoms with van der Waals surface area (Å²) >= 11 is 0. The number of amides is 1. The van der Waals surface area contributed by atoms with Crippen molar-refractivity contribution in [3.63, 3.8) is 0 Å². The highest BCUT2D eigenvalue weighted by Crippen LogP contribution is 2.25. The van der Waals surface area contributed by atoms with Gasteiger partial charge in [0.2, 0.25) is 10.0 Å². The summed E-state index contributed by atoms with van der Waals surface area (Å²) < 4.78 is 32.8. The first-order valence-corrected chi connectivity index (χ1v) is 10.6. The summed E-state index contributed by atoms with van der Waals surface area (Å²) in [6.07, 6.45) is 9.86. The Morgan fingerprint density at radius 3 is 2.66 bits per heavy atom. The lowest BCUT2D eigenvalue weighted by atomic mass is 10.1. The van der Waals surface area contributed by atoms with E-state index in [-0.39, 0.29) is 16.0 Å². The molecule has 0 aliphatic heterocycles. The Labute approximate surface area is 171 Å². The molecule has 2 aromatic rings. The van der Waals surface area contributed by atoms with Gasteiger partial charge in [-0.2, -0.15) is 4.31 Å². The molecule has 0 saturated heterocycles. The number of carbonyl (C=O) groups is 1. The zero-order chi connectivity index (χ0) is 21.4. The smallest absolute Gasteiger partial charge is 0.259 e. The molecule has 0 aliphatic rings. The number of hydrogen-bond acceptors (Lipinski definition) is 5. The van der Waals surface area contributed by atoms with Gasteiger partial charge in [0.25, 0.3) is 5.91 Å². The van der Waals surface area contributed by atoms with E-state index in [1.807, 2.05) is 6.92 Å². The first kappa shape index (κ1) is 22.3. The number of oxazole rings is 1. The van der Waals surface area contributed by atoms with Crippen molar-refractivity contribution < 1.29 is 17.6 Å². The molecule has 0 saturated carbocycles. The molecule has 0 fully saturated rings. The predicted molar refractivity (Wildman–Crippen MR) is 114 cm³/mol. The highest BCUT2D eigenvalue weighted by atomic mass is 32.2. The Morgan fingerprint density at radius 1 is 1.28 bits per heavy atom. The number of carbonyl (C=O) groups excluding carboxylic acids is 1. The van der Waals surface area contributed by atoms with Gasteiger partial charge in [0.1, 0.15) is 5.52 Å². The van der Waals surface area contributed by atoms with Crippen molar-refractivity contribution in [3.8, 4) is 0 Å². The van der Waals surface area contributed by atoms with E-state index in [4.69, 9.17) is 4.42 Å². The van der Waals surface area contributed by atoms with Gasteiger partial charge < -0.3 is 9.73 Å². The molecule has 1 aromatic carbocycles. The number of rotatable bonds is 10.